The lowest BCUT2D eigenvalue weighted by Gasteiger charge is -2.26. The number of rotatable bonds is 6. The van der Waals surface area contributed by atoms with Crippen molar-refractivity contribution in [1.82, 2.24) is 4.90 Å². The summed E-state index contributed by atoms with van der Waals surface area (Å²) in [6.45, 7) is 5.02. The molecule has 0 aliphatic heterocycles. The Morgan fingerprint density at radius 1 is 1.31 bits per heavy atom. The third-order valence-corrected chi connectivity index (χ3v) is 2.05. The lowest BCUT2D eigenvalue weighted by Crippen LogP contribution is -2.46. The van der Waals surface area contributed by atoms with Crippen molar-refractivity contribution in [1.29, 1.82) is 0 Å². The fourth-order valence-electron chi connectivity index (χ4n) is 1.39. The number of carbonyl (C=O) groups is 3. The van der Waals surface area contributed by atoms with E-state index in [1.165, 1.54) is 11.8 Å². The number of likely N-dealkylation sites (N-methyl/N-ethyl adjacent to an activating group) is 1. The monoisotopic (exact) mass is 231 g/mol. The lowest BCUT2D eigenvalue weighted by molar-refractivity contribution is -0.157. The van der Waals surface area contributed by atoms with Gasteiger partial charge in [-0.3, -0.25) is 9.59 Å². The predicted molar refractivity (Wildman–Crippen MR) is 55.7 cm³/mol. The number of carbonyl (C=O) groups excluding carboxylic acids is 2. The van der Waals surface area contributed by atoms with Crippen molar-refractivity contribution in [2.45, 2.75) is 33.2 Å². The molecule has 0 bridgehead atoms. The van der Waals surface area contributed by atoms with E-state index >= 15 is 0 Å². The van der Waals surface area contributed by atoms with Crippen molar-refractivity contribution in [2.75, 3.05) is 13.2 Å². The summed E-state index contributed by atoms with van der Waals surface area (Å²) in [4.78, 5) is 34.5. The fraction of sp³-hybridized carbons (Fsp3) is 0.700. The number of esters is 1. The molecule has 6 heteroatoms. The lowest BCUT2D eigenvalue weighted by atomic mass is 10.1. The number of carboxylic acids is 1. The molecule has 92 valence electrons. The zero-order valence-corrected chi connectivity index (χ0v) is 9.73. The zero-order valence-electron chi connectivity index (χ0n) is 9.73. The molecule has 0 aromatic heterocycles. The largest absolute Gasteiger partial charge is 0.481 e. The van der Waals surface area contributed by atoms with Crippen molar-refractivity contribution in [3.8, 4) is 0 Å². The van der Waals surface area contributed by atoms with Gasteiger partial charge in [0.15, 0.2) is 0 Å². The molecule has 0 aromatic rings. The predicted octanol–water partition coefficient (Wildman–Crippen LogP) is 0.261. The SMILES string of the molecule is CCOC(=O)[C@H](CC(=O)O)N(CC)C(C)=O. The molecule has 0 rings (SSSR count). The minimum atomic E-state index is -1.14. The quantitative estimate of drug-likeness (QED) is 0.663. The van der Waals surface area contributed by atoms with E-state index in [0.717, 1.165) is 0 Å². The average Bonchev–Trinajstić information content (AvgIpc) is 2.16. The summed E-state index contributed by atoms with van der Waals surface area (Å²) in [5.41, 5.74) is 0. The normalized spacial score (nSPS) is 11.7. The van der Waals surface area contributed by atoms with Crippen LogP contribution in [0.2, 0.25) is 0 Å². The van der Waals surface area contributed by atoms with E-state index in [1.807, 2.05) is 0 Å². The van der Waals surface area contributed by atoms with Crippen LogP contribution >= 0.6 is 0 Å². The Morgan fingerprint density at radius 3 is 2.19 bits per heavy atom. The van der Waals surface area contributed by atoms with Crippen molar-refractivity contribution in [3.05, 3.63) is 0 Å². The van der Waals surface area contributed by atoms with E-state index in [4.69, 9.17) is 9.84 Å². The van der Waals surface area contributed by atoms with Crippen LogP contribution in [0.4, 0.5) is 0 Å². The second-order valence-corrected chi connectivity index (χ2v) is 3.17. The Balaban J connectivity index is 4.82. The first kappa shape index (κ1) is 14.4. The van der Waals surface area contributed by atoms with Gasteiger partial charge < -0.3 is 14.7 Å². The number of carboxylic acid groups (broad SMARTS) is 1. The first-order valence-electron chi connectivity index (χ1n) is 5.09. The van der Waals surface area contributed by atoms with Gasteiger partial charge in [0.25, 0.3) is 0 Å². The molecule has 1 amide bonds. The standard InChI is InChI=1S/C10H17NO5/c1-4-11(7(3)12)8(6-9(13)14)10(15)16-5-2/h8H,4-6H2,1-3H3,(H,13,14)/t8-/m0/s1. The summed E-state index contributed by atoms with van der Waals surface area (Å²) in [5, 5.41) is 8.68. The maximum atomic E-state index is 11.5. The zero-order chi connectivity index (χ0) is 12.7. The number of nitrogens with zero attached hydrogens (tertiary/aromatic N) is 1. The molecule has 1 atom stereocenters. The number of hydrogen-bond donors (Lipinski definition) is 1. The van der Waals surface area contributed by atoms with Crippen molar-refractivity contribution < 1.29 is 24.2 Å². The number of ether oxygens (including phenoxy) is 1. The van der Waals surface area contributed by atoms with Crippen LogP contribution in [0.5, 0.6) is 0 Å². The van der Waals surface area contributed by atoms with Crippen LogP contribution in [0, 0.1) is 0 Å². The fourth-order valence-corrected chi connectivity index (χ4v) is 1.39. The maximum Gasteiger partial charge on any atom is 0.329 e. The summed E-state index contributed by atoms with van der Waals surface area (Å²) in [5.74, 6) is -2.17. The van der Waals surface area contributed by atoms with Gasteiger partial charge in [0, 0.05) is 13.5 Å². The Bertz CT molecular complexity index is 276. The Morgan fingerprint density at radius 2 is 1.88 bits per heavy atom. The van der Waals surface area contributed by atoms with Gasteiger partial charge >= 0.3 is 11.9 Å². The third kappa shape index (κ3) is 4.29. The second kappa shape index (κ2) is 6.81. The van der Waals surface area contributed by atoms with Gasteiger partial charge in [-0.15, -0.1) is 0 Å². The van der Waals surface area contributed by atoms with Crippen LogP contribution in [0.3, 0.4) is 0 Å². The first-order chi connectivity index (χ1) is 7.43. The van der Waals surface area contributed by atoms with E-state index in [0.29, 0.717) is 0 Å². The van der Waals surface area contributed by atoms with Crippen molar-refractivity contribution in [2.24, 2.45) is 0 Å². The number of hydrogen-bond acceptors (Lipinski definition) is 4. The van der Waals surface area contributed by atoms with Crippen LogP contribution in [0.1, 0.15) is 27.2 Å². The molecular weight excluding hydrogens is 214 g/mol. The van der Waals surface area contributed by atoms with E-state index in [-0.39, 0.29) is 19.1 Å². The topological polar surface area (TPSA) is 83.9 Å². The molecule has 6 nitrogen and oxygen atoms in total. The molecule has 0 fully saturated rings. The maximum absolute atomic E-state index is 11.5. The molecule has 0 heterocycles. The van der Waals surface area contributed by atoms with Crippen LogP contribution in [0.15, 0.2) is 0 Å². The van der Waals surface area contributed by atoms with Crippen LogP contribution in [0.25, 0.3) is 0 Å². The molecule has 0 aromatic carbocycles. The highest BCUT2D eigenvalue weighted by atomic mass is 16.5. The van der Waals surface area contributed by atoms with E-state index in [9.17, 15) is 14.4 Å². The highest BCUT2D eigenvalue weighted by Crippen LogP contribution is 2.07. The highest BCUT2D eigenvalue weighted by Gasteiger charge is 2.30. The summed E-state index contributed by atoms with van der Waals surface area (Å²) in [6.07, 6.45) is -0.438. The van der Waals surface area contributed by atoms with Crippen molar-refractivity contribution in [3.63, 3.8) is 0 Å². The minimum absolute atomic E-state index is 0.157. The Kier molecular flexibility index (Phi) is 6.14. The van der Waals surface area contributed by atoms with Crippen LogP contribution < -0.4 is 0 Å². The molecule has 0 saturated heterocycles. The van der Waals surface area contributed by atoms with Crippen LogP contribution in [-0.4, -0.2) is 47.0 Å². The van der Waals surface area contributed by atoms with Gasteiger partial charge in [-0.25, -0.2) is 4.79 Å². The third-order valence-electron chi connectivity index (χ3n) is 2.05. The van der Waals surface area contributed by atoms with Gasteiger partial charge in [0.2, 0.25) is 5.91 Å². The van der Waals surface area contributed by atoms with Crippen molar-refractivity contribution >= 4 is 17.8 Å². The summed E-state index contributed by atoms with van der Waals surface area (Å²) >= 11 is 0. The van der Waals surface area contributed by atoms with Crippen LogP contribution in [-0.2, 0) is 19.1 Å². The smallest absolute Gasteiger partial charge is 0.329 e. The van der Waals surface area contributed by atoms with Gasteiger partial charge in [0.05, 0.1) is 13.0 Å². The molecule has 16 heavy (non-hydrogen) atoms. The van der Waals surface area contributed by atoms with E-state index < -0.39 is 24.4 Å². The number of amides is 1. The molecule has 0 aliphatic rings. The molecule has 0 unspecified atom stereocenters. The van der Waals surface area contributed by atoms with E-state index in [1.54, 1.807) is 13.8 Å². The minimum Gasteiger partial charge on any atom is -0.481 e. The average molecular weight is 231 g/mol. The molecule has 0 aliphatic carbocycles. The number of aliphatic carboxylic acids is 1. The summed E-state index contributed by atoms with van der Waals surface area (Å²) in [7, 11) is 0. The summed E-state index contributed by atoms with van der Waals surface area (Å²) in [6, 6.07) is -1.04. The Hall–Kier alpha value is -1.59. The highest BCUT2D eigenvalue weighted by molar-refractivity contribution is 5.87. The van der Waals surface area contributed by atoms with Gasteiger partial charge in [-0.05, 0) is 13.8 Å². The van der Waals surface area contributed by atoms with E-state index in [2.05, 4.69) is 0 Å². The molecule has 0 radical (unpaired) electrons. The molecule has 0 saturated carbocycles. The summed E-state index contributed by atoms with van der Waals surface area (Å²) < 4.78 is 4.74. The first-order valence-corrected chi connectivity index (χ1v) is 5.09. The van der Waals surface area contributed by atoms with Gasteiger partial charge in [-0.2, -0.15) is 0 Å². The Labute approximate surface area is 94.2 Å². The van der Waals surface area contributed by atoms with Gasteiger partial charge in [0.1, 0.15) is 6.04 Å². The molecule has 0 spiro atoms. The van der Waals surface area contributed by atoms with Gasteiger partial charge in [-0.1, -0.05) is 0 Å². The molecular formula is C10H17NO5. The second-order valence-electron chi connectivity index (χ2n) is 3.17. The molecule has 1 N–H and O–H groups in total.